The maximum Gasteiger partial charge on any atom is 0.387 e. The average Bonchev–Trinajstić information content (AvgIpc) is 2.54. The van der Waals surface area contributed by atoms with Gasteiger partial charge in [-0.1, -0.05) is 24.3 Å². The minimum absolute atomic E-state index is 0.108. The molecule has 0 saturated heterocycles. The molecule has 2 N–H and O–H groups in total. The van der Waals surface area contributed by atoms with Crippen molar-refractivity contribution in [3.05, 3.63) is 59.7 Å². The van der Waals surface area contributed by atoms with Crippen molar-refractivity contribution in [2.24, 2.45) is 0 Å². The molecule has 2 rings (SSSR count). The number of anilines is 1. The van der Waals surface area contributed by atoms with Crippen LogP contribution in [0.15, 0.2) is 48.5 Å². The Bertz CT molecular complexity index is 718. The first-order valence-corrected chi connectivity index (χ1v) is 7.14. The van der Waals surface area contributed by atoms with E-state index in [2.05, 4.69) is 15.4 Å². The summed E-state index contributed by atoms with van der Waals surface area (Å²) >= 11 is 0. The maximum absolute atomic E-state index is 12.4. The second-order valence-corrected chi connectivity index (χ2v) is 4.94. The predicted molar refractivity (Wildman–Crippen MR) is 85.0 cm³/mol. The topological polar surface area (TPSA) is 67.4 Å². The van der Waals surface area contributed by atoms with Gasteiger partial charge in [0.2, 0.25) is 5.91 Å². The summed E-state index contributed by atoms with van der Waals surface area (Å²) < 4.78 is 29.1. The molecule has 0 aromatic heterocycles. The van der Waals surface area contributed by atoms with Crippen LogP contribution in [0.1, 0.15) is 22.8 Å². The predicted octanol–water partition coefficient (Wildman–Crippen LogP) is 3.18. The number of hydrogen-bond acceptors (Lipinski definition) is 3. The molecule has 5 nitrogen and oxygen atoms in total. The van der Waals surface area contributed by atoms with E-state index < -0.39 is 12.5 Å². The van der Waals surface area contributed by atoms with E-state index in [1.54, 1.807) is 30.3 Å². The number of nitrogens with one attached hydrogen (secondary N) is 2. The average molecular weight is 334 g/mol. The molecular weight excluding hydrogens is 318 g/mol. The Labute approximate surface area is 137 Å². The van der Waals surface area contributed by atoms with Crippen LogP contribution >= 0.6 is 0 Å². The molecule has 0 radical (unpaired) electrons. The van der Waals surface area contributed by atoms with Crippen LogP contribution in [0.4, 0.5) is 14.5 Å². The summed E-state index contributed by atoms with van der Waals surface area (Å²) in [5.74, 6) is -0.707. The van der Waals surface area contributed by atoms with E-state index in [-0.39, 0.29) is 17.3 Å². The summed E-state index contributed by atoms with van der Waals surface area (Å²) in [6.07, 6.45) is 0. The molecule has 0 fully saturated rings. The highest BCUT2D eigenvalue weighted by atomic mass is 19.3. The minimum Gasteiger partial charge on any atom is -0.433 e. The Morgan fingerprint density at radius 1 is 1.08 bits per heavy atom. The Morgan fingerprint density at radius 2 is 1.75 bits per heavy atom. The van der Waals surface area contributed by atoms with E-state index in [9.17, 15) is 18.4 Å². The zero-order valence-electron chi connectivity index (χ0n) is 12.9. The van der Waals surface area contributed by atoms with E-state index in [1.807, 2.05) is 0 Å². The van der Waals surface area contributed by atoms with E-state index in [1.165, 1.54) is 25.1 Å². The molecule has 0 aliphatic carbocycles. The minimum atomic E-state index is -2.98. The lowest BCUT2D eigenvalue weighted by Crippen LogP contribution is -2.19. The summed E-state index contributed by atoms with van der Waals surface area (Å²) in [6, 6.07) is 12.5. The SMILES string of the molecule is CC(=O)NCc1ccc(C(=O)Nc2ccccc2OC(F)F)cc1. The zero-order valence-corrected chi connectivity index (χ0v) is 12.9. The number of rotatable bonds is 6. The first kappa shape index (κ1) is 17.4. The van der Waals surface area contributed by atoms with Gasteiger partial charge >= 0.3 is 6.61 Å². The first-order valence-electron chi connectivity index (χ1n) is 7.14. The third kappa shape index (κ3) is 5.05. The van der Waals surface area contributed by atoms with Crippen LogP contribution in [0.3, 0.4) is 0 Å². The van der Waals surface area contributed by atoms with Gasteiger partial charge in [-0.2, -0.15) is 8.78 Å². The van der Waals surface area contributed by atoms with Gasteiger partial charge in [0.05, 0.1) is 5.69 Å². The van der Waals surface area contributed by atoms with E-state index in [0.29, 0.717) is 12.1 Å². The molecule has 24 heavy (non-hydrogen) atoms. The van der Waals surface area contributed by atoms with Crippen LogP contribution in [0, 0.1) is 0 Å². The molecule has 0 heterocycles. The molecule has 2 aromatic rings. The van der Waals surface area contributed by atoms with Crippen molar-refractivity contribution < 1.29 is 23.1 Å². The van der Waals surface area contributed by atoms with E-state index in [4.69, 9.17) is 0 Å². The number of para-hydroxylation sites is 2. The molecule has 7 heteroatoms. The molecule has 2 amide bonds. The number of amides is 2. The van der Waals surface area contributed by atoms with Gasteiger partial charge in [-0.05, 0) is 29.8 Å². The molecule has 2 aromatic carbocycles. The van der Waals surface area contributed by atoms with Gasteiger partial charge < -0.3 is 15.4 Å². The molecule has 0 saturated carbocycles. The Balaban J connectivity index is 2.06. The van der Waals surface area contributed by atoms with Crippen molar-refractivity contribution in [3.8, 4) is 5.75 Å². The highest BCUT2D eigenvalue weighted by Gasteiger charge is 2.12. The molecule has 0 aliphatic rings. The summed E-state index contributed by atoms with van der Waals surface area (Å²) in [5, 5.41) is 5.18. The summed E-state index contributed by atoms with van der Waals surface area (Å²) in [6.45, 7) is -1.20. The molecule has 126 valence electrons. The van der Waals surface area contributed by atoms with Crippen molar-refractivity contribution >= 4 is 17.5 Å². The lowest BCUT2D eigenvalue weighted by atomic mass is 10.1. The lowest BCUT2D eigenvalue weighted by molar-refractivity contribution is -0.119. The fraction of sp³-hybridized carbons (Fsp3) is 0.176. The second-order valence-electron chi connectivity index (χ2n) is 4.94. The van der Waals surface area contributed by atoms with Gasteiger partial charge in [-0.15, -0.1) is 0 Å². The number of halogens is 2. The Hall–Kier alpha value is -2.96. The van der Waals surface area contributed by atoms with Crippen molar-refractivity contribution in [2.45, 2.75) is 20.1 Å². The van der Waals surface area contributed by atoms with Crippen LogP contribution in [0.2, 0.25) is 0 Å². The number of alkyl halides is 2. The number of carbonyl (C=O) groups is 2. The first-order chi connectivity index (χ1) is 11.5. The third-order valence-corrected chi connectivity index (χ3v) is 3.11. The van der Waals surface area contributed by atoms with Crippen LogP contribution in [-0.2, 0) is 11.3 Å². The molecule has 0 spiro atoms. The highest BCUT2D eigenvalue weighted by Crippen LogP contribution is 2.26. The lowest BCUT2D eigenvalue weighted by Gasteiger charge is -2.12. The Morgan fingerprint density at radius 3 is 2.38 bits per heavy atom. The van der Waals surface area contributed by atoms with Gasteiger partial charge in [0.25, 0.3) is 5.91 Å². The fourth-order valence-electron chi connectivity index (χ4n) is 1.96. The number of ether oxygens (including phenoxy) is 1. The number of benzene rings is 2. The van der Waals surface area contributed by atoms with Gasteiger partial charge in [-0.25, -0.2) is 0 Å². The van der Waals surface area contributed by atoms with Crippen LogP contribution in [0.25, 0.3) is 0 Å². The molecule has 0 aliphatic heterocycles. The largest absolute Gasteiger partial charge is 0.433 e. The molecule has 0 atom stereocenters. The van der Waals surface area contributed by atoms with Gasteiger partial charge in [0.15, 0.2) is 0 Å². The Kier molecular flexibility index (Phi) is 5.83. The molecule has 0 bridgehead atoms. The number of hydrogen-bond donors (Lipinski definition) is 2. The summed E-state index contributed by atoms with van der Waals surface area (Å²) in [5.41, 5.74) is 1.35. The summed E-state index contributed by atoms with van der Waals surface area (Å²) in [4.78, 5) is 23.1. The number of carbonyl (C=O) groups excluding carboxylic acids is 2. The monoisotopic (exact) mass is 334 g/mol. The van der Waals surface area contributed by atoms with Crippen molar-refractivity contribution in [2.75, 3.05) is 5.32 Å². The van der Waals surface area contributed by atoms with Crippen molar-refractivity contribution in [3.63, 3.8) is 0 Å². The standard InChI is InChI=1S/C17H16F2N2O3/c1-11(22)20-10-12-6-8-13(9-7-12)16(23)21-14-4-2-3-5-15(14)24-17(18)19/h2-9,17H,10H2,1H3,(H,20,22)(H,21,23). The van der Waals surface area contributed by atoms with Gasteiger partial charge in [0, 0.05) is 19.0 Å². The van der Waals surface area contributed by atoms with Gasteiger partial charge in [-0.3, -0.25) is 9.59 Å². The zero-order chi connectivity index (χ0) is 17.5. The normalized spacial score (nSPS) is 10.3. The third-order valence-electron chi connectivity index (χ3n) is 3.11. The van der Waals surface area contributed by atoms with Crippen molar-refractivity contribution in [1.29, 1.82) is 0 Å². The molecular formula is C17H16F2N2O3. The smallest absolute Gasteiger partial charge is 0.387 e. The highest BCUT2D eigenvalue weighted by molar-refractivity contribution is 6.05. The van der Waals surface area contributed by atoms with E-state index in [0.717, 1.165) is 5.56 Å². The molecule has 0 unspecified atom stereocenters. The van der Waals surface area contributed by atoms with Crippen molar-refractivity contribution in [1.82, 2.24) is 5.32 Å². The van der Waals surface area contributed by atoms with E-state index >= 15 is 0 Å². The quantitative estimate of drug-likeness (QED) is 0.853. The van der Waals surface area contributed by atoms with Gasteiger partial charge in [0.1, 0.15) is 5.75 Å². The fourth-order valence-corrected chi connectivity index (χ4v) is 1.96. The maximum atomic E-state index is 12.4. The second kappa shape index (κ2) is 8.05. The van der Waals surface area contributed by atoms with Crippen LogP contribution in [-0.4, -0.2) is 18.4 Å². The van der Waals surface area contributed by atoms with Crippen LogP contribution in [0.5, 0.6) is 5.75 Å². The van der Waals surface area contributed by atoms with Crippen LogP contribution < -0.4 is 15.4 Å². The summed E-state index contributed by atoms with van der Waals surface area (Å²) in [7, 11) is 0.